The van der Waals surface area contributed by atoms with Gasteiger partial charge in [0.2, 0.25) is 5.91 Å². The number of hydrogen-bond donors (Lipinski definition) is 2. The third-order valence-corrected chi connectivity index (χ3v) is 4.96. The number of rotatable bonds is 5. The zero-order valence-electron chi connectivity index (χ0n) is 13.1. The number of carboxylic acids is 1. The topological polar surface area (TPSA) is 106 Å². The predicted molar refractivity (Wildman–Crippen MR) is 84.5 cm³/mol. The van der Waals surface area contributed by atoms with Crippen molar-refractivity contribution >= 4 is 34.3 Å². The van der Waals surface area contributed by atoms with Gasteiger partial charge in [-0.2, -0.15) is 0 Å². The summed E-state index contributed by atoms with van der Waals surface area (Å²) in [6.07, 6.45) is 2.73. The van der Waals surface area contributed by atoms with Crippen LogP contribution in [0.5, 0.6) is 0 Å². The molecule has 1 fully saturated rings. The standard InChI is InChI=1S/C15H20N2O5S/c1-3-22-14(21)11-8(2)16-15(23-11)17-12(18)9-6-4-5-7-10(9)13(19)20/h9-10H,3-7H2,1-2H3,(H,19,20)(H,16,17,18)/t9-,10+/m0/s1. The van der Waals surface area contributed by atoms with Crippen molar-refractivity contribution in [3.05, 3.63) is 10.6 Å². The number of nitrogens with zero attached hydrogens (tertiary/aromatic N) is 1. The van der Waals surface area contributed by atoms with Crippen molar-refractivity contribution in [1.82, 2.24) is 4.98 Å². The average Bonchev–Trinajstić information content (AvgIpc) is 2.88. The van der Waals surface area contributed by atoms with Crippen LogP contribution in [0.25, 0.3) is 0 Å². The van der Waals surface area contributed by atoms with E-state index in [0.717, 1.165) is 24.2 Å². The molecule has 1 aromatic rings. The highest BCUT2D eigenvalue weighted by Gasteiger charge is 2.36. The first-order valence-corrected chi connectivity index (χ1v) is 8.44. The second-order valence-electron chi connectivity index (χ2n) is 5.48. The molecule has 1 amide bonds. The van der Waals surface area contributed by atoms with Crippen molar-refractivity contribution in [3.8, 4) is 0 Å². The van der Waals surface area contributed by atoms with Gasteiger partial charge in [-0.3, -0.25) is 9.59 Å². The van der Waals surface area contributed by atoms with E-state index in [9.17, 15) is 19.5 Å². The van der Waals surface area contributed by atoms with E-state index in [2.05, 4.69) is 10.3 Å². The lowest BCUT2D eigenvalue weighted by Gasteiger charge is -2.26. The van der Waals surface area contributed by atoms with Crippen LogP contribution < -0.4 is 5.32 Å². The molecule has 8 heteroatoms. The molecule has 2 N–H and O–H groups in total. The fourth-order valence-corrected chi connectivity index (χ4v) is 3.64. The molecule has 7 nitrogen and oxygen atoms in total. The van der Waals surface area contributed by atoms with Crippen molar-refractivity contribution in [1.29, 1.82) is 0 Å². The fraction of sp³-hybridized carbons (Fsp3) is 0.600. The molecule has 2 atom stereocenters. The maximum Gasteiger partial charge on any atom is 0.350 e. The average molecular weight is 340 g/mol. The molecular weight excluding hydrogens is 320 g/mol. The maximum atomic E-state index is 12.4. The Morgan fingerprint density at radius 2 is 1.96 bits per heavy atom. The van der Waals surface area contributed by atoms with Gasteiger partial charge < -0.3 is 15.2 Å². The molecule has 126 valence electrons. The first-order chi connectivity index (χ1) is 10.9. The number of thiazole rings is 1. The zero-order valence-corrected chi connectivity index (χ0v) is 13.9. The second kappa shape index (κ2) is 7.54. The van der Waals surface area contributed by atoms with Gasteiger partial charge in [0, 0.05) is 0 Å². The minimum atomic E-state index is -0.938. The van der Waals surface area contributed by atoms with E-state index < -0.39 is 23.8 Å². The number of carbonyl (C=O) groups is 3. The van der Waals surface area contributed by atoms with Crippen LogP contribution in [0.3, 0.4) is 0 Å². The minimum absolute atomic E-state index is 0.264. The molecule has 0 unspecified atom stereocenters. The Morgan fingerprint density at radius 3 is 2.57 bits per heavy atom. The summed E-state index contributed by atoms with van der Waals surface area (Å²) in [7, 11) is 0. The van der Waals surface area contributed by atoms with Gasteiger partial charge in [-0.15, -0.1) is 0 Å². The third kappa shape index (κ3) is 4.07. The molecule has 1 aliphatic carbocycles. The van der Waals surface area contributed by atoms with E-state index in [1.165, 1.54) is 0 Å². The molecule has 0 aliphatic heterocycles. The highest BCUT2D eigenvalue weighted by Crippen LogP contribution is 2.32. The lowest BCUT2D eigenvalue weighted by Crippen LogP contribution is -2.36. The predicted octanol–water partition coefficient (Wildman–Crippen LogP) is 2.46. The molecule has 1 saturated carbocycles. The molecule has 0 bridgehead atoms. The Hall–Kier alpha value is -1.96. The summed E-state index contributed by atoms with van der Waals surface area (Å²) in [5.41, 5.74) is 0.488. The summed E-state index contributed by atoms with van der Waals surface area (Å²) in [5, 5.41) is 12.2. The lowest BCUT2D eigenvalue weighted by molar-refractivity contribution is -0.147. The Kier molecular flexibility index (Phi) is 5.70. The van der Waals surface area contributed by atoms with Gasteiger partial charge in [0.1, 0.15) is 4.88 Å². The number of carboxylic acid groups (broad SMARTS) is 1. The van der Waals surface area contributed by atoms with Crippen LogP contribution >= 0.6 is 11.3 Å². The maximum absolute atomic E-state index is 12.4. The molecular formula is C15H20N2O5S. The van der Waals surface area contributed by atoms with E-state index in [-0.39, 0.29) is 12.5 Å². The van der Waals surface area contributed by atoms with Gasteiger partial charge in [-0.05, 0) is 26.7 Å². The number of aromatic nitrogens is 1. The number of amides is 1. The van der Waals surface area contributed by atoms with Crippen LogP contribution in [0.15, 0.2) is 0 Å². The number of aryl methyl sites for hydroxylation is 1. The Labute approximate surface area is 138 Å². The van der Waals surface area contributed by atoms with Crippen molar-refractivity contribution in [2.45, 2.75) is 39.5 Å². The molecule has 1 heterocycles. The number of nitrogens with one attached hydrogen (secondary N) is 1. The number of esters is 1. The summed E-state index contributed by atoms with van der Waals surface area (Å²) in [6, 6.07) is 0. The highest BCUT2D eigenvalue weighted by molar-refractivity contribution is 7.17. The van der Waals surface area contributed by atoms with Gasteiger partial charge in [-0.1, -0.05) is 24.2 Å². The first kappa shape index (κ1) is 17.4. The SMILES string of the molecule is CCOC(=O)c1sc(NC(=O)[C@H]2CCCC[C@H]2C(=O)O)nc1C. The van der Waals surface area contributed by atoms with Crippen molar-refractivity contribution in [3.63, 3.8) is 0 Å². The summed E-state index contributed by atoms with van der Waals surface area (Å²) < 4.78 is 4.93. The van der Waals surface area contributed by atoms with Crippen LogP contribution in [-0.4, -0.2) is 34.5 Å². The third-order valence-electron chi connectivity index (χ3n) is 3.91. The van der Waals surface area contributed by atoms with E-state index >= 15 is 0 Å². The van der Waals surface area contributed by atoms with E-state index in [4.69, 9.17) is 4.74 Å². The van der Waals surface area contributed by atoms with Crippen LogP contribution in [0.1, 0.15) is 48.0 Å². The summed E-state index contributed by atoms with van der Waals surface area (Å²) in [4.78, 5) is 39.9. The number of aliphatic carboxylic acids is 1. The number of hydrogen-bond acceptors (Lipinski definition) is 6. The van der Waals surface area contributed by atoms with Crippen LogP contribution in [-0.2, 0) is 14.3 Å². The minimum Gasteiger partial charge on any atom is -0.481 e. The van der Waals surface area contributed by atoms with Crippen LogP contribution in [0, 0.1) is 18.8 Å². The first-order valence-electron chi connectivity index (χ1n) is 7.62. The van der Waals surface area contributed by atoms with Crippen molar-refractivity contribution in [2.75, 3.05) is 11.9 Å². The fourth-order valence-electron chi connectivity index (χ4n) is 2.77. The summed E-state index contributed by atoms with van der Waals surface area (Å²) in [6.45, 7) is 3.64. The highest BCUT2D eigenvalue weighted by atomic mass is 32.1. The van der Waals surface area contributed by atoms with Gasteiger partial charge in [0.05, 0.1) is 24.1 Å². The molecule has 0 radical (unpaired) electrons. The number of anilines is 1. The molecule has 0 spiro atoms. The van der Waals surface area contributed by atoms with Gasteiger partial charge in [-0.25, -0.2) is 9.78 Å². The van der Waals surface area contributed by atoms with Crippen LogP contribution in [0.2, 0.25) is 0 Å². The van der Waals surface area contributed by atoms with Gasteiger partial charge in [0.15, 0.2) is 5.13 Å². The molecule has 0 aromatic carbocycles. The van der Waals surface area contributed by atoms with Crippen molar-refractivity contribution < 1.29 is 24.2 Å². The largest absolute Gasteiger partial charge is 0.481 e. The summed E-state index contributed by atoms with van der Waals surface area (Å²) in [5.74, 6) is -2.97. The molecule has 1 aliphatic rings. The number of carbonyl (C=O) groups excluding carboxylic acids is 2. The molecule has 2 rings (SSSR count). The zero-order chi connectivity index (χ0) is 17.0. The van der Waals surface area contributed by atoms with E-state index in [0.29, 0.717) is 28.5 Å². The second-order valence-corrected chi connectivity index (χ2v) is 6.48. The molecule has 0 saturated heterocycles. The van der Waals surface area contributed by atoms with Crippen LogP contribution in [0.4, 0.5) is 5.13 Å². The summed E-state index contributed by atoms with van der Waals surface area (Å²) >= 11 is 1.04. The smallest absolute Gasteiger partial charge is 0.350 e. The number of ether oxygens (including phenoxy) is 1. The Morgan fingerprint density at radius 1 is 1.30 bits per heavy atom. The monoisotopic (exact) mass is 340 g/mol. The molecule has 23 heavy (non-hydrogen) atoms. The Bertz CT molecular complexity index is 613. The Balaban J connectivity index is 2.09. The lowest BCUT2D eigenvalue weighted by atomic mass is 9.79. The normalized spacial score (nSPS) is 20.8. The van der Waals surface area contributed by atoms with E-state index in [1.54, 1.807) is 13.8 Å². The van der Waals surface area contributed by atoms with E-state index in [1.807, 2.05) is 0 Å². The van der Waals surface area contributed by atoms with Crippen molar-refractivity contribution in [2.24, 2.45) is 11.8 Å². The van der Waals surface area contributed by atoms with Gasteiger partial charge >= 0.3 is 11.9 Å². The van der Waals surface area contributed by atoms with Gasteiger partial charge in [0.25, 0.3) is 0 Å². The quantitative estimate of drug-likeness (QED) is 0.798. The molecule has 1 aromatic heterocycles.